The summed E-state index contributed by atoms with van der Waals surface area (Å²) < 4.78 is 9.00. The van der Waals surface area contributed by atoms with Crippen molar-refractivity contribution in [1.82, 2.24) is 0 Å². The highest BCUT2D eigenvalue weighted by Gasteiger charge is 2.20. The SMILES string of the molecule is c1ccc2cc(-c3c4ccccc4c(-c4ccc(-c5cc6c7ccccc7oc6c6sc7ccccc7c56)cc4)c4ccccc34)ccc2c1. The molecule has 0 aliphatic heterocycles. The van der Waals surface area contributed by atoms with Crippen molar-refractivity contribution >= 4 is 85.8 Å². The minimum absolute atomic E-state index is 0.930. The first-order valence-corrected chi connectivity index (χ1v) is 17.9. The van der Waals surface area contributed by atoms with Gasteiger partial charge in [0.1, 0.15) is 5.58 Å². The molecule has 2 aromatic heterocycles. The molecule has 11 aromatic rings. The molecule has 0 fully saturated rings. The first-order valence-electron chi connectivity index (χ1n) is 17.1. The predicted molar refractivity (Wildman–Crippen MR) is 215 cm³/mol. The van der Waals surface area contributed by atoms with Crippen LogP contribution in [-0.4, -0.2) is 0 Å². The van der Waals surface area contributed by atoms with Gasteiger partial charge in [-0.25, -0.2) is 0 Å². The lowest BCUT2D eigenvalue weighted by Crippen LogP contribution is -1.91. The van der Waals surface area contributed by atoms with Crippen molar-refractivity contribution in [2.75, 3.05) is 0 Å². The topological polar surface area (TPSA) is 13.1 Å². The number of hydrogen-bond acceptors (Lipinski definition) is 2. The van der Waals surface area contributed by atoms with E-state index in [0.717, 1.165) is 16.6 Å². The summed E-state index contributed by atoms with van der Waals surface area (Å²) in [6, 6.07) is 62.0. The highest BCUT2D eigenvalue weighted by molar-refractivity contribution is 7.26. The smallest absolute Gasteiger partial charge is 0.153 e. The Labute approximate surface area is 292 Å². The van der Waals surface area contributed by atoms with E-state index < -0.39 is 0 Å². The van der Waals surface area contributed by atoms with Crippen molar-refractivity contribution in [3.8, 4) is 33.4 Å². The van der Waals surface area contributed by atoms with Gasteiger partial charge in [0.2, 0.25) is 0 Å². The predicted octanol–water partition coefficient (Wildman–Crippen LogP) is 14.4. The number of fused-ring (bicyclic) bond motifs is 10. The van der Waals surface area contributed by atoms with Gasteiger partial charge in [0, 0.05) is 26.2 Å². The molecule has 0 atom stereocenters. The van der Waals surface area contributed by atoms with Crippen LogP contribution in [0.15, 0.2) is 174 Å². The lowest BCUT2D eigenvalue weighted by atomic mass is 9.85. The van der Waals surface area contributed by atoms with E-state index in [4.69, 9.17) is 4.42 Å². The fourth-order valence-corrected chi connectivity index (χ4v) is 9.42. The van der Waals surface area contributed by atoms with Gasteiger partial charge in [-0.15, -0.1) is 11.3 Å². The van der Waals surface area contributed by atoms with Crippen LogP contribution in [0.2, 0.25) is 0 Å². The fraction of sp³-hybridized carbons (Fsp3) is 0. The van der Waals surface area contributed by atoms with Gasteiger partial charge in [-0.05, 0) is 90.0 Å². The molecule has 2 heteroatoms. The zero-order valence-electron chi connectivity index (χ0n) is 27.0. The summed E-state index contributed by atoms with van der Waals surface area (Å²) in [4.78, 5) is 0. The van der Waals surface area contributed by atoms with Crippen LogP contribution in [0.3, 0.4) is 0 Å². The maximum Gasteiger partial charge on any atom is 0.153 e. The van der Waals surface area contributed by atoms with Crippen LogP contribution in [0.25, 0.3) is 108 Å². The Bertz CT molecular complexity index is 3080. The van der Waals surface area contributed by atoms with Crippen molar-refractivity contribution < 1.29 is 4.42 Å². The van der Waals surface area contributed by atoms with Crippen LogP contribution in [0.1, 0.15) is 0 Å². The molecule has 0 unspecified atom stereocenters. The van der Waals surface area contributed by atoms with Crippen molar-refractivity contribution in [2.45, 2.75) is 0 Å². The summed E-state index contributed by atoms with van der Waals surface area (Å²) in [5.74, 6) is 0. The number of hydrogen-bond donors (Lipinski definition) is 0. The van der Waals surface area contributed by atoms with Crippen molar-refractivity contribution in [3.63, 3.8) is 0 Å². The van der Waals surface area contributed by atoms with E-state index in [1.165, 1.54) is 91.3 Å². The number of rotatable bonds is 3. The molecule has 0 aliphatic carbocycles. The van der Waals surface area contributed by atoms with Crippen LogP contribution in [0.5, 0.6) is 0 Å². The third-order valence-electron chi connectivity index (χ3n) is 10.4. The first-order chi connectivity index (χ1) is 24.8. The van der Waals surface area contributed by atoms with Crippen LogP contribution in [0.4, 0.5) is 0 Å². The summed E-state index contributed by atoms with van der Waals surface area (Å²) in [5, 5.41) is 12.4. The van der Waals surface area contributed by atoms with Crippen LogP contribution >= 0.6 is 11.3 Å². The Balaban J connectivity index is 1.14. The maximum absolute atomic E-state index is 6.52. The quantitative estimate of drug-likeness (QED) is 0.173. The number of furan rings is 1. The minimum atomic E-state index is 0.930. The molecule has 0 bridgehead atoms. The van der Waals surface area contributed by atoms with E-state index in [9.17, 15) is 0 Å². The standard InChI is InChI=1S/C48H28OS/c1-2-12-32-27-33(26-21-29(32)11-1)45-37-16-5-3-14-35(37)44(36-15-4-6-17-38(36)45)31-24-22-30(23-25-31)40-28-41-34-13-7-9-19-42(34)49-47(41)48-46(40)39-18-8-10-20-43(39)50-48/h1-28H. The molecule has 9 aromatic carbocycles. The molecule has 232 valence electrons. The van der Waals surface area contributed by atoms with E-state index in [2.05, 4.69) is 164 Å². The Morgan fingerprint density at radius 3 is 1.64 bits per heavy atom. The second-order valence-electron chi connectivity index (χ2n) is 13.2. The second-order valence-corrected chi connectivity index (χ2v) is 14.2. The van der Waals surface area contributed by atoms with Gasteiger partial charge in [-0.3, -0.25) is 0 Å². The summed E-state index contributed by atoms with van der Waals surface area (Å²) >= 11 is 1.82. The third kappa shape index (κ3) is 4.00. The van der Waals surface area contributed by atoms with Crippen molar-refractivity contribution in [1.29, 1.82) is 0 Å². The average molecular weight is 653 g/mol. The van der Waals surface area contributed by atoms with Gasteiger partial charge < -0.3 is 4.42 Å². The highest BCUT2D eigenvalue weighted by atomic mass is 32.1. The molecule has 0 spiro atoms. The van der Waals surface area contributed by atoms with Crippen LogP contribution in [-0.2, 0) is 0 Å². The van der Waals surface area contributed by atoms with E-state index >= 15 is 0 Å². The van der Waals surface area contributed by atoms with Gasteiger partial charge in [0.15, 0.2) is 5.58 Å². The summed E-state index contributed by atoms with van der Waals surface area (Å²) in [5.41, 5.74) is 9.37. The molecule has 0 N–H and O–H groups in total. The molecule has 0 amide bonds. The van der Waals surface area contributed by atoms with E-state index in [-0.39, 0.29) is 0 Å². The molecule has 0 saturated heterocycles. The van der Waals surface area contributed by atoms with Crippen LogP contribution < -0.4 is 0 Å². The monoisotopic (exact) mass is 652 g/mol. The molecule has 2 heterocycles. The number of thiophene rings is 1. The van der Waals surface area contributed by atoms with E-state index in [1.807, 2.05) is 17.4 Å². The molecule has 0 aliphatic rings. The van der Waals surface area contributed by atoms with Crippen molar-refractivity contribution in [3.05, 3.63) is 170 Å². The first kappa shape index (κ1) is 27.7. The van der Waals surface area contributed by atoms with E-state index in [0.29, 0.717) is 0 Å². The lowest BCUT2D eigenvalue weighted by molar-refractivity contribution is 0.673. The summed E-state index contributed by atoms with van der Waals surface area (Å²) in [6.07, 6.45) is 0. The van der Waals surface area contributed by atoms with E-state index in [1.54, 1.807) is 0 Å². The second kappa shape index (κ2) is 10.6. The number of benzene rings is 9. The third-order valence-corrected chi connectivity index (χ3v) is 11.6. The molecular formula is C48H28OS. The lowest BCUT2D eigenvalue weighted by Gasteiger charge is -2.18. The van der Waals surface area contributed by atoms with Crippen LogP contribution in [0, 0.1) is 0 Å². The van der Waals surface area contributed by atoms with Crippen molar-refractivity contribution in [2.24, 2.45) is 0 Å². The molecule has 11 rings (SSSR count). The van der Waals surface area contributed by atoms with Gasteiger partial charge in [0.05, 0.1) is 4.70 Å². The molecule has 0 radical (unpaired) electrons. The van der Waals surface area contributed by atoms with Gasteiger partial charge in [-0.1, -0.05) is 146 Å². The zero-order valence-corrected chi connectivity index (χ0v) is 27.8. The highest BCUT2D eigenvalue weighted by Crippen LogP contribution is 2.48. The Morgan fingerprint density at radius 1 is 0.380 bits per heavy atom. The van der Waals surface area contributed by atoms with Gasteiger partial charge in [-0.2, -0.15) is 0 Å². The van der Waals surface area contributed by atoms with Gasteiger partial charge in [0.25, 0.3) is 0 Å². The maximum atomic E-state index is 6.52. The molecule has 1 nitrogen and oxygen atoms in total. The Kier molecular flexibility index (Phi) is 5.89. The zero-order chi connectivity index (χ0) is 32.8. The largest absolute Gasteiger partial charge is 0.455 e. The fourth-order valence-electron chi connectivity index (χ4n) is 8.21. The Morgan fingerprint density at radius 2 is 0.920 bits per heavy atom. The normalized spacial score (nSPS) is 12.0. The van der Waals surface area contributed by atoms with Gasteiger partial charge >= 0.3 is 0 Å². The number of para-hydroxylation sites is 1. The Hall–Kier alpha value is -6.22. The summed E-state index contributed by atoms with van der Waals surface area (Å²) in [7, 11) is 0. The average Bonchev–Trinajstić information content (AvgIpc) is 3.76. The minimum Gasteiger partial charge on any atom is -0.455 e. The summed E-state index contributed by atoms with van der Waals surface area (Å²) in [6.45, 7) is 0. The molecular weight excluding hydrogens is 625 g/mol. The molecule has 0 saturated carbocycles. The molecule has 50 heavy (non-hydrogen) atoms.